The molecule has 9 heteroatoms. The Bertz CT molecular complexity index is 359. The van der Waals surface area contributed by atoms with Gasteiger partial charge in [0.1, 0.15) is 5.69 Å². The van der Waals surface area contributed by atoms with Crippen molar-refractivity contribution in [1.82, 2.24) is 4.98 Å². The second kappa shape index (κ2) is 5.51. The summed E-state index contributed by atoms with van der Waals surface area (Å²) < 4.78 is 66.9. The maximum atomic E-state index is 11.7. The quantitative estimate of drug-likeness (QED) is 0.730. The summed E-state index contributed by atoms with van der Waals surface area (Å²) in [4.78, 5) is 12.0. The molecule has 0 fully saturated rings. The number of aromatic nitrogens is 1. The van der Waals surface area contributed by atoms with Gasteiger partial charge in [0.15, 0.2) is 0 Å². The summed E-state index contributed by atoms with van der Waals surface area (Å²) in [7, 11) is 0. The number of hydrogen-bond donors (Lipinski definition) is 1. The molecule has 1 heterocycles. The lowest BCUT2D eigenvalue weighted by atomic mass is 10.3. The fourth-order valence-electron chi connectivity index (χ4n) is 0.530. The van der Waals surface area contributed by atoms with E-state index in [4.69, 9.17) is 9.90 Å². The van der Waals surface area contributed by atoms with Gasteiger partial charge >= 0.3 is 18.3 Å². The molecule has 96 valence electrons. The van der Waals surface area contributed by atoms with E-state index in [0.717, 1.165) is 12.3 Å². The molecule has 17 heavy (non-hydrogen) atoms. The lowest BCUT2D eigenvalue weighted by Gasteiger charge is -2.02. The third-order valence-corrected chi connectivity index (χ3v) is 1.20. The number of alkyl halides is 6. The van der Waals surface area contributed by atoms with Crippen LogP contribution in [0.5, 0.6) is 0 Å². The Morgan fingerprint density at radius 3 is 1.76 bits per heavy atom. The van der Waals surface area contributed by atoms with Crippen LogP contribution in [0.3, 0.4) is 0 Å². The second-order valence-electron chi connectivity index (χ2n) is 2.52. The Morgan fingerprint density at radius 2 is 1.59 bits per heavy atom. The van der Waals surface area contributed by atoms with E-state index in [1.165, 1.54) is 12.1 Å². The average Bonchev–Trinajstić information content (AvgIpc) is 2.17. The van der Waals surface area contributed by atoms with E-state index in [-0.39, 0.29) is 0 Å². The van der Waals surface area contributed by atoms with Crippen molar-refractivity contribution in [2.45, 2.75) is 12.4 Å². The summed E-state index contributed by atoms with van der Waals surface area (Å²) in [6.07, 6.45) is -8.29. The molecule has 0 bridgehead atoms. The van der Waals surface area contributed by atoms with Crippen molar-refractivity contribution in [2.24, 2.45) is 0 Å². The molecular formula is C8H5F6NO2. The molecule has 1 aromatic rings. The smallest absolute Gasteiger partial charge is 0.475 e. The molecule has 1 N–H and O–H groups in total. The number of carboxylic acid groups (broad SMARTS) is 1. The fraction of sp³-hybridized carbons (Fsp3) is 0.250. The van der Waals surface area contributed by atoms with Crippen LogP contribution < -0.4 is 0 Å². The predicted octanol–water partition coefficient (Wildman–Crippen LogP) is 2.73. The molecule has 0 saturated heterocycles. The summed E-state index contributed by atoms with van der Waals surface area (Å²) in [6, 6.07) is 3.67. The van der Waals surface area contributed by atoms with Crippen LogP contribution in [0, 0.1) is 0 Å². The molecule has 0 aliphatic rings. The molecule has 0 aliphatic carbocycles. The normalized spacial score (nSPS) is 11.4. The van der Waals surface area contributed by atoms with Gasteiger partial charge < -0.3 is 5.11 Å². The lowest BCUT2D eigenvalue weighted by Crippen LogP contribution is -2.21. The first kappa shape index (κ1) is 15.2. The predicted molar refractivity (Wildman–Crippen MR) is 42.9 cm³/mol. The van der Waals surface area contributed by atoms with E-state index in [0.29, 0.717) is 0 Å². The molecule has 0 unspecified atom stereocenters. The molecule has 0 radical (unpaired) electrons. The Hall–Kier alpha value is -1.80. The number of halogens is 6. The minimum atomic E-state index is -5.08. The van der Waals surface area contributed by atoms with Crippen LogP contribution in [0.2, 0.25) is 0 Å². The third kappa shape index (κ3) is 6.38. The first-order valence-corrected chi connectivity index (χ1v) is 3.83. The van der Waals surface area contributed by atoms with Gasteiger partial charge in [0.2, 0.25) is 0 Å². The van der Waals surface area contributed by atoms with Crippen molar-refractivity contribution in [1.29, 1.82) is 0 Å². The van der Waals surface area contributed by atoms with E-state index < -0.39 is 24.0 Å². The fourth-order valence-corrected chi connectivity index (χ4v) is 0.530. The van der Waals surface area contributed by atoms with E-state index in [9.17, 15) is 26.3 Å². The first-order chi connectivity index (χ1) is 7.55. The monoisotopic (exact) mass is 261 g/mol. The van der Waals surface area contributed by atoms with Crippen LogP contribution in [0.4, 0.5) is 26.3 Å². The first-order valence-electron chi connectivity index (χ1n) is 3.83. The number of carboxylic acids is 1. The van der Waals surface area contributed by atoms with Crippen molar-refractivity contribution in [3.8, 4) is 0 Å². The Morgan fingerprint density at radius 1 is 1.12 bits per heavy atom. The van der Waals surface area contributed by atoms with Gasteiger partial charge in [-0.25, -0.2) is 4.79 Å². The molecule has 0 aliphatic heterocycles. The van der Waals surface area contributed by atoms with E-state index in [1.807, 2.05) is 0 Å². The minimum Gasteiger partial charge on any atom is -0.475 e. The number of pyridine rings is 1. The second-order valence-corrected chi connectivity index (χ2v) is 2.52. The lowest BCUT2D eigenvalue weighted by molar-refractivity contribution is -0.192. The summed E-state index contributed by atoms with van der Waals surface area (Å²) in [5.41, 5.74) is -0.852. The van der Waals surface area contributed by atoms with Crippen LogP contribution in [-0.4, -0.2) is 22.2 Å². The van der Waals surface area contributed by atoms with Gasteiger partial charge in [-0.3, -0.25) is 4.98 Å². The molecule has 0 spiro atoms. The Kier molecular flexibility index (Phi) is 4.92. The largest absolute Gasteiger partial charge is 0.490 e. The summed E-state index contributed by atoms with van der Waals surface area (Å²) in [5, 5.41) is 7.12. The molecule has 0 atom stereocenters. The van der Waals surface area contributed by atoms with Crippen LogP contribution in [0.15, 0.2) is 24.4 Å². The zero-order valence-corrected chi connectivity index (χ0v) is 7.88. The SMILES string of the molecule is FC(F)(F)c1ccccn1.O=C(O)C(F)(F)F. The van der Waals surface area contributed by atoms with Gasteiger partial charge in [-0.1, -0.05) is 6.07 Å². The highest BCUT2D eigenvalue weighted by atomic mass is 19.4. The van der Waals surface area contributed by atoms with Gasteiger partial charge in [-0.15, -0.1) is 0 Å². The highest BCUT2D eigenvalue weighted by Gasteiger charge is 2.38. The van der Waals surface area contributed by atoms with Crippen molar-refractivity contribution in [3.63, 3.8) is 0 Å². The van der Waals surface area contributed by atoms with Gasteiger partial charge in [-0.2, -0.15) is 26.3 Å². The highest BCUT2D eigenvalue weighted by Crippen LogP contribution is 2.26. The third-order valence-electron chi connectivity index (χ3n) is 1.20. The molecular weight excluding hydrogens is 256 g/mol. The molecule has 3 nitrogen and oxygen atoms in total. The van der Waals surface area contributed by atoms with Crippen LogP contribution in [-0.2, 0) is 11.0 Å². The van der Waals surface area contributed by atoms with Gasteiger partial charge in [0.25, 0.3) is 0 Å². The summed E-state index contributed by atoms with van der Waals surface area (Å²) >= 11 is 0. The number of hydrogen-bond acceptors (Lipinski definition) is 2. The number of nitrogens with zero attached hydrogens (tertiary/aromatic N) is 1. The number of rotatable bonds is 0. The van der Waals surface area contributed by atoms with Crippen molar-refractivity contribution >= 4 is 5.97 Å². The van der Waals surface area contributed by atoms with Gasteiger partial charge in [-0.05, 0) is 12.1 Å². The van der Waals surface area contributed by atoms with E-state index in [2.05, 4.69) is 4.98 Å². The van der Waals surface area contributed by atoms with Crippen molar-refractivity contribution < 1.29 is 36.2 Å². The van der Waals surface area contributed by atoms with Crippen molar-refractivity contribution in [3.05, 3.63) is 30.1 Å². The van der Waals surface area contributed by atoms with Crippen LogP contribution in [0.25, 0.3) is 0 Å². The minimum absolute atomic E-state index is 0.852. The molecule has 1 rings (SSSR count). The van der Waals surface area contributed by atoms with Crippen LogP contribution >= 0.6 is 0 Å². The molecule has 0 amide bonds. The van der Waals surface area contributed by atoms with Crippen molar-refractivity contribution in [2.75, 3.05) is 0 Å². The van der Waals surface area contributed by atoms with Gasteiger partial charge in [0.05, 0.1) is 0 Å². The topological polar surface area (TPSA) is 50.2 Å². The maximum absolute atomic E-state index is 11.7. The number of aliphatic carboxylic acids is 1. The maximum Gasteiger partial charge on any atom is 0.490 e. The molecule has 0 aromatic carbocycles. The van der Waals surface area contributed by atoms with Crippen LogP contribution in [0.1, 0.15) is 5.69 Å². The van der Waals surface area contributed by atoms with E-state index in [1.54, 1.807) is 0 Å². The Balaban J connectivity index is 0.000000325. The molecule has 1 aromatic heterocycles. The van der Waals surface area contributed by atoms with E-state index >= 15 is 0 Å². The zero-order chi connectivity index (χ0) is 13.7. The highest BCUT2D eigenvalue weighted by molar-refractivity contribution is 5.73. The average molecular weight is 261 g/mol. The Labute approximate surface area is 90.7 Å². The summed E-state index contributed by atoms with van der Waals surface area (Å²) in [6.45, 7) is 0. The van der Waals surface area contributed by atoms with Gasteiger partial charge in [0, 0.05) is 6.20 Å². The summed E-state index contributed by atoms with van der Waals surface area (Å²) in [5.74, 6) is -2.76. The molecule has 0 saturated carbocycles. The standard InChI is InChI=1S/C6H4F3N.C2HF3O2/c7-6(8,9)5-3-1-2-4-10-5;3-2(4,5)1(6)7/h1-4H;(H,6,7). The number of carbonyl (C=O) groups is 1. The zero-order valence-electron chi connectivity index (χ0n) is 7.88.